The minimum Gasteiger partial charge on any atom is -0.369 e. The van der Waals surface area contributed by atoms with Gasteiger partial charge in [0.2, 0.25) is 5.91 Å². The molecule has 0 spiro atoms. The van der Waals surface area contributed by atoms with Crippen LogP contribution in [0.1, 0.15) is 25.8 Å². The number of primary amides is 1. The predicted octanol–water partition coefficient (Wildman–Crippen LogP) is 0.620. The molecule has 0 aromatic carbocycles. The maximum absolute atomic E-state index is 11.8. The number of aromatic nitrogens is 1. The summed E-state index contributed by atoms with van der Waals surface area (Å²) < 4.78 is 5.49. The quantitative estimate of drug-likeness (QED) is 0.480. The second-order valence-electron chi connectivity index (χ2n) is 5.21. The number of amides is 2. The van der Waals surface area contributed by atoms with Gasteiger partial charge in [0, 0.05) is 12.4 Å². The summed E-state index contributed by atoms with van der Waals surface area (Å²) in [5, 5.41) is 8.82. The highest BCUT2D eigenvalue weighted by Crippen LogP contribution is 2.19. The Morgan fingerprint density at radius 2 is 2.19 bits per heavy atom. The van der Waals surface area contributed by atoms with Gasteiger partial charge in [-0.05, 0) is 24.0 Å². The Kier molecular flexibility index (Phi) is 6.77. The summed E-state index contributed by atoms with van der Waals surface area (Å²) in [6.07, 6.45) is 2.46. The van der Waals surface area contributed by atoms with Gasteiger partial charge in [-0.2, -0.15) is 0 Å². The summed E-state index contributed by atoms with van der Waals surface area (Å²) in [6, 6.07) is 3.52. The molecule has 0 radical (unpaired) electrons. The molecule has 1 rings (SSSR count). The topological polar surface area (TPSA) is 115 Å². The molecule has 0 fully saturated rings. The smallest absolute Gasteiger partial charge is 0.273 e. The number of nitrogens with zero attached hydrogens (tertiary/aromatic N) is 1. The number of nitrogens with one attached hydrogen (secondary N) is 1. The van der Waals surface area contributed by atoms with Crippen LogP contribution in [-0.4, -0.2) is 28.1 Å². The van der Waals surface area contributed by atoms with E-state index in [1.807, 2.05) is 13.8 Å². The fraction of sp³-hybridized carbons (Fsp3) is 0.500. The average Bonchev–Trinajstić information content (AvgIpc) is 2.46. The Morgan fingerprint density at radius 1 is 1.48 bits per heavy atom. The molecule has 0 bridgehead atoms. The molecule has 0 aliphatic carbocycles. The van der Waals surface area contributed by atoms with Gasteiger partial charge in [0.05, 0.1) is 12.5 Å². The highest BCUT2D eigenvalue weighted by molar-refractivity contribution is 5.88. The van der Waals surface area contributed by atoms with Crippen molar-refractivity contribution in [3.63, 3.8) is 0 Å². The molecule has 1 heterocycles. The van der Waals surface area contributed by atoms with Gasteiger partial charge in [0.15, 0.2) is 0 Å². The van der Waals surface area contributed by atoms with E-state index in [0.29, 0.717) is 6.42 Å². The Balaban J connectivity index is 2.83. The second-order valence-corrected chi connectivity index (χ2v) is 5.21. The molecule has 1 aromatic heterocycles. The first-order valence-electron chi connectivity index (χ1n) is 6.69. The van der Waals surface area contributed by atoms with Crippen molar-refractivity contribution in [2.45, 2.75) is 33.0 Å². The Morgan fingerprint density at radius 3 is 2.67 bits per heavy atom. The summed E-state index contributed by atoms with van der Waals surface area (Å²) in [7, 11) is 0. The SMILES string of the molecule is CC(C)C[C@@H](C(N)=O)[C@H](OCc1cccnc1)C(=O)NO. The van der Waals surface area contributed by atoms with E-state index in [4.69, 9.17) is 15.7 Å². The van der Waals surface area contributed by atoms with Gasteiger partial charge in [-0.3, -0.25) is 19.8 Å². The fourth-order valence-electron chi connectivity index (χ4n) is 2.00. The summed E-state index contributed by atoms with van der Waals surface area (Å²) >= 11 is 0. The molecular formula is C14H21N3O4. The number of rotatable bonds is 8. The number of hydrogen-bond donors (Lipinski definition) is 3. The standard InChI is InChI=1S/C14H21N3O4/c1-9(2)6-11(13(15)18)12(14(19)17-20)21-8-10-4-3-5-16-7-10/h3-5,7,9,11-12,20H,6,8H2,1-2H3,(H2,15,18)(H,17,19)/t11-,12+/m1/s1. The van der Waals surface area contributed by atoms with Crippen molar-refractivity contribution in [3.8, 4) is 0 Å². The first-order valence-corrected chi connectivity index (χ1v) is 6.69. The number of carbonyl (C=O) groups excluding carboxylic acids is 2. The molecule has 2 amide bonds. The van der Waals surface area contributed by atoms with Gasteiger partial charge in [0.25, 0.3) is 5.91 Å². The van der Waals surface area contributed by atoms with Crippen LogP contribution in [0, 0.1) is 11.8 Å². The number of hydrogen-bond acceptors (Lipinski definition) is 5. The molecule has 7 nitrogen and oxygen atoms in total. The van der Waals surface area contributed by atoms with E-state index in [-0.39, 0.29) is 12.5 Å². The molecule has 0 unspecified atom stereocenters. The second kappa shape index (κ2) is 8.33. The van der Waals surface area contributed by atoms with Crippen LogP contribution in [0.2, 0.25) is 0 Å². The number of ether oxygens (including phenoxy) is 1. The van der Waals surface area contributed by atoms with E-state index < -0.39 is 23.8 Å². The van der Waals surface area contributed by atoms with E-state index in [1.54, 1.807) is 24.5 Å². The number of pyridine rings is 1. The van der Waals surface area contributed by atoms with Gasteiger partial charge >= 0.3 is 0 Å². The highest BCUT2D eigenvalue weighted by Gasteiger charge is 2.33. The van der Waals surface area contributed by atoms with Crippen LogP contribution in [0.4, 0.5) is 0 Å². The zero-order valence-electron chi connectivity index (χ0n) is 12.2. The minimum absolute atomic E-state index is 0.0911. The summed E-state index contributed by atoms with van der Waals surface area (Å²) in [4.78, 5) is 27.3. The normalized spacial score (nSPS) is 13.7. The molecular weight excluding hydrogens is 274 g/mol. The van der Waals surface area contributed by atoms with E-state index in [1.165, 1.54) is 5.48 Å². The number of carbonyl (C=O) groups is 2. The van der Waals surface area contributed by atoms with Crippen LogP contribution in [0.25, 0.3) is 0 Å². The molecule has 4 N–H and O–H groups in total. The minimum atomic E-state index is -1.14. The lowest BCUT2D eigenvalue weighted by Gasteiger charge is -2.24. The Hall–Kier alpha value is -1.99. The van der Waals surface area contributed by atoms with Crippen molar-refractivity contribution in [1.82, 2.24) is 10.5 Å². The van der Waals surface area contributed by atoms with E-state index in [0.717, 1.165) is 5.56 Å². The maximum atomic E-state index is 11.8. The van der Waals surface area contributed by atoms with Crippen molar-refractivity contribution in [3.05, 3.63) is 30.1 Å². The number of hydroxylamine groups is 1. The molecule has 116 valence electrons. The maximum Gasteiger partial charge on any atom is 0.273 e. The molecule has 0 saturated heterocycles. The molecule has 2 atom stereocenters. The lowest BCUT2D eigenvalue weighted by atomic mass is 9.91. The molecule has 21 heavy (non-hydrogen) atoms. The van der Waals surface area contributed by atoms with Crippen molar-refractivity contribution in [2.24, 2.45) is 17.6 Å². The predicted molar refractivity (Wildman–Crippen MR) is 74.9 cm³/mol. The lowest BCUT2D eigenvalue weighted by molar-refractivity contribution is -0.151. The van der Waals surface area contributed by atoms with Crippen LogP contribution < -0.4 is 11.2 Å². The lowest BCUT2D eigenvalue weighted by Crippen LogP contribution is -2.45. The average molecular weight is 295 g/mol. The van der Waals surface area contributed by atoms with E-state index in [9.17, 15) is 9.59 Å². The molecule has 0 aliphatic rings. The highest BCUT2D eigenvalue weighted by atomic mass is 16.5. The van der Waals surface area contributed by atoms with Crippen LogP contribution in [0.3, 0.4) is 0 Å². The van der Waals surface area contributed by atoms with Gasteiger partial charge in [0.1, 0.15) is 6.10 Å². The van der Waals surface area contributed by atoms with Gasteiger partial charge < -0.3 is 10.5 Å². The zero-order chi connectivity index (χ0) is 15.8. The molecule has 0 aliphatic heterocycles. The zero-order valence-corrected chi connectivity index (χ0v) is 12.2. The number of nitrogens with two attached hydrogens (primary N) is 1. The monoisotopic (exact) mass is 295 g/mol. The first-order chi connectivity index (χ1) is 9.95. The van der Waals surface area contributed by atoms with Gasteiger partial charge in [-0.15, -0.1) is 0 Å². The summed E-state index contributed by atoms with van der Waals surface area (Å²) in [6.45, 7) is 3.91. The molecule has 0 saturated carbocycles. The summed E-state index contributed by atoms with van der Waals surface area (Å²) in [5.41, 5.74) is 7.63. The van der Waals surface area contributed by atoms with Crippen LogP contribution in [0.15, 0.2) is 24.5 Å². The van der Waals surface area contributed by atoms with Crippen LogP contribution in [0.5, 0.6) is 0 Å². The fourth-order valence-corrected chi connectivity index (χ4v) is 2.00. The van der Waals surface area contributed by atoms with Gasteiger partial charge in [-0.1, -0.05) is 19.9 Å². The first kappa shape index (κ1) is 17.1. The van der Waals surface area contributed by atoms with Crippen molar-refractivity contribution in [1.29, 1.82) is 0 Å². The summed E-state index contributed by atoms with van der Waals surface area (Å²) in [5.74, 6) is -2.08. The van der Waals surface area contributed by atoms with Crippen LogP contribution in [-0.2, 0) is 20.9 Å². The molecule has 7 heteroatoms. The third-order valence-electron chi connectivity index (χ3n) is 2.98. The Labute approximate surface area is 123 Å². The third-order valence-corrected chi connectivity index (χ3v) is 2.98. The van der Waals surface area contributed by atoms with Crippen LogP contribution >= 0.6 is 0 Å². The van der Waals surface area contributed by atoms with Gasteiger partial charge in [-0.25, -0.2) is 5.48 Å². The van der Waals surface area contributed by atoms with E-state index in [2.05, 4.69) is 4.98 Å². The van der Waals surface area contributed by atoms with E-state index >= 15 is 0 Å². The van der Waals surface area contributed by atoms with Crippen molar-refractivity contribution < 1.29 is 19.5 Å². The largest absolute Gasteiger partial charge is 0.369 e. The Bertz CT molecular complexity index is 465. The third kappa shape index (κ3) is 5.49. The van der Waals surface area contributed by atoms with Crippen molar-refractivity contribution in [2.75, 3.05) is 0 Å². The van der Waals surface area contributed by atoms with Crippen molar-refractivity contribution >= 4 is 11.8 Å². The molecule has 1 aromatic rings.